The Balaban J connectivity index is 2.92. The van der Waals surface area contributed by atoms with Crippen LogP contribution in [0.4, 0.5) is 32.0 Å². The summed E-state index contributed by atoms with van der Waals surface area (Å²) in [5.74, 6) is -0.301. The molecule has 0 saturated carbocycles. The van der Waals surface area contributed by atoms with E-state index in [2.05, 4.69) is 0 Å². The van der Waals surface area contributed by atoms with Crippen molar-refractivity contribution in [1.29, 1.82) is 0 Å². The van der Waals surface area contributed by atoms with Crippen LogP contribution >= 0.6 is 0 Å². The number of benzene rings is 2. The van der Waals surface area contributed by atoms with Crippen LogP contribution in [0.2, 0.25) is 0 Å². The lowest BCUT2D eigenvalue weighted by Crippen LogP contribution is -2.20. The standard InChI is InChI=1S/C14H7F6NO3/c15-13(16,17)11-9(7-1-3-8(22)4-2-7)5-6-10(21(23)24)12(11)14(18,19)20/h1-6,22H. The van der Waals surface area contributed by atoms with E-state index in [1.54, 1.807) is 0 Å². The maximum atomic E-state index is 13.3. The van der Waals surface area contributed by atoms with Crippen molar-refractivity contribution < 1.29 is 36.4 Å². The summed E-state index contributed by atoms with van der Waals surface area (Å²) in [6, 6.07) is 4.91. The normalized spacial score (nSPS) is 12.2. The van der Waals surface area contributed by atoms with Gasteiger partial charge in [-0.1, -0.05) is 12.1 Å². The first kappa shape index (κ1) is 17.6. The van der Waals surface area contributed by atoms with E-state index in [0.29, 0.717) is 12.1 Å². The molecule has 0 radical (unpaired) electrons. The van der Waals surface area contributed by atoms with Crippen LogP contribution in [0.3, 0.4) is 0 Å². The Kier molecular flexibility index (Phi) is 4.17. The van der Waals surface area contributed by atoms with Crippen molar-refractivity contribution >= 4 is 5.69 Å². The monoisotopic (exact) mass is 351 g/mol. The SMILES string of the molecule is O=[N+]([O-])c1ccc(-c2ccc(O)cc2)c(C(F)(F)F)c1C(F)(F)F. The molecule has 2 aromatic rings. The molecule has 0 aliphatic carbocycles. The van der Waals surface area contributed by atoms with E-state index in [1.165, 1.54) is 0 Å². The highest BCUT2D eigenvalue weighted by molar-refractivity contribution is 5.73. The molecule has 10 heteroatoms. The second kappa shape index (κ2) is 5.69. The molecule has 0 fully saturated rings. The number of alkyl halides is 6. The van der Waals surface area contributed by atoms with E-state index in [-0.39, 0.29) is 11.3 Å². The molecule has 0 aliphatic rings. The van der Waals surface area contributed by atoms with Gasteiger partial charge >= 0.3 is 12.4 Å². The van der Waals surface area contributed by atoms with Gasteiger partial charge in [-0.05, 0) is 29.3 Å². The number of nitro groups is 1. The second-order valence-corrected chi connectivity index (χ2v) is 4.68. The lowest BCUT2D eigenvalue weighted by atomic mass is 9.93. The molecule has 0 atom stereocenters. The van der Waals surface area contributed by atoms with Gasteiger partial charge in [0.15, 0.2) is 0 Å². The predicted octanol–water partition coefficient (Wildman–Crippen LogP) is 5.01. The zero-order valence-electron chi connectivity index (χ0n) is 11.4. The first-order valence-electron chi connectivity index (χ1n) is 6.18. The fourth-order valence-corrected chi connectivity index (χ4v) is 2.21. The van der Waals surface area contributed by atoms with Crippen molar-refractivity contribution in [3.05, 3.63) is 57.6 Å². The summed E-state index contributed by atoms with van der Waals surface area (Å²) in [4.78, 5) is 9.23. The number of rotatable bonds is 2. The number of phenolic OH excluding ortho intramolecular Hbond substituents is 1. The van der Waals surface area contributed by atoms with Crippen LogP contribution in [0.1, 0.15) is 11.1 Å². The molecular formula is C14H7F6NO3. The molecule has 0 amide bonds. The number of phenols is 1. The Morgan fingerprint density at radius 1 is 0.833 bits per heavy atom. The van der Waals surface area contributed by atoms with Gasteiger partial charge in [-0.25, -0.2) is 0 Å². The summed E-state index contributed by atoms with van der Waals surface area (Å²) in [5, 5.41) is 19.9. The molecule has 128 valence electrons. The Morgan fingerprint density at radius 3 is 1.75 bits per heavy atom. The van der Waals surface area contributed by atoms with Crippen molar-refractivity contribution in [2.75, 3.05) is 0 Å². The first-order valence-corrected chi connectivity index (χ1v) is 6.18. The van der Waals surface area contributed by atoms with Crippen LogP contribution < -0.4 is 0 Å². The predicted molar refractivity (Wildman–Crippen MR) is 70.2 cm³/mol. The summed E-state index contributed by atoms with van der Waals surface area (Å²) in [6.07, 6.45) is -11.1. The summed E-state index contributed by atoms with van der Waals surface area (Å²) < 4.78 is 79.2. The smallest absolute Gasteiger partial charge is 0.423 e. The minimum Gasteiger partial charge on any atom is -0.508 e. The Hall–Kier alpha value is -2.78. The van der Waals surface area contributed by atoms with Crippen LogP contribution in [-0.4, -0.2) is 10.0 Å². The van der Waals surface area contributed by atoms with E-state index in [4.69, 9.17) is 5.11 Å². The number of aromatic hydroxyl groups is 1. The first-order chi connectivity index (χ1) is 10.9. The minimum absolute atomic E-state index is 0.277. The summed E-state index contributed by atoms with van der Waals surface area (Å²) in [6.45, 7) is 0. The average Bonchev–Trinajstić information content (AvgIpc) is 2.44. The maximum Gasteiger partial charge on any atom is 0.423 e. The highest BCUT2D eigenvalue weighted by Crippen LogP contribution is 2.48. The molecule has 0 unspecified atom stereocenters. The molecule has 24 heavy (non-hydrogen) atoms. The van der Waals surface area contributed by atoms with Crippen molar-refractivity contribution in [2.45, 2.75) is 12.4 Å². The van der Waals surface area contributed by atoms with E-state index in [0.717, 1.165) is 24.3 Å². The summed E-state index contributed by atoms with van der Waals surface area (Å²) >= 11 is 0. The molecule has 0 heterocycles. The van der Waals surface area contributed by atoms with Gasteiger partial charge in [0, 0.05) is 6.07 Å². The van der Waals surface area contributed by atoms with Crippen molar-refractivity contribution in [2.24, 2.45) is 0 Å². The maximum absolute atomic E-state index is 13.3. The average molecular weight is 351 g/mol. The van der Waals surface area contributed by atoms with Crippen LogP contribution in [0.5, 0.6) is 5.75 Å². The lowest BCUT2D eigenvalue weighted by Gasteiger charge is -2.19. The molecule has 0 aliphatic heterocycles. The number of nitro benzene ring substituents is 1. The molecule has 4 nitrogen and oxygen atoms in total. The molecule has 0 bridgehead atoms. The van der Waals surface area contributed by atoms with Gasteiger partial charge in [0.05, 0.1) is 10.5 Å². The third kappa shape index (κ3) is 3.26. The van der Waals surface area contributed by atoms with E-state index in [9.17, 15) is 36.5 Å². The lowest BCUT2D eigenvalue weighted by molar-refractivity contribution is -0.388. The zero-order valence-corrected chi connectivity index (χ0v) is 11.4. The fourth-order valence-electron chi connectivity index (χ4n) is 2.21. The summed E-state index contributed by atoms with van der Waals surface area (Å²) in [5.41, 5.74) is -7.33. The molecule has 2 rings (SSSR count). The largest absolute Gasteiger partial charge is 0.508 e. The molecular weight excluding hydrogens is 344 g/mol. The van der Waals surface area contributed by atoms with Gasteiger partial charge in [-0.3, -0.25) is 10.1 Å². The Morgan fingerprint density at radius 2 is 1.33 bits per heavy atom. The highest BCUT2D eigenvalue weighted by Gasteiger charge is 2.49. The van der Waals surface area contributed by atoms with Crippen LogP contribution in [0, 0.1) is 10.1 Å². The number of nitrogens with zero attached hydrogens (tertiary/aromatic N) is 1. The number of halogens is 6. The van der Waals surface area contributed by atoms with E-state index < -0.39 is 39.7 Å². The van der Waals surface area contributed by atoms with E-state index >= 15 is 0 Å². The zero-order chi connectivity index (χ0) is 18.3. The second-order valence-electron chi connectivity index (χ2n) is 4.68. The molecule has 0 saturated heterocycles. The Bertz CT molecular complexity index is 781. The topological polar surface area (TPSA) is 63.4 Å². The van der Waals surface area contributed by atoms with Crippen molar-refractivity contribution in [3.8, 4) is 16.9 Å². The van der Waals surface area contributed by atoms with Gasteiger partial charge in [0.2, 0.25) is 0 Å². The van der Waals surface area contributed by atoms with Crippen molar-refractivity contribution in [3.63, 3.8) is 0 Å². The number of hydrogen-bond donors (Lipinski definition) is 1. The molecule has 0 aromatic heterocycles. The third-order valence-electron chi connectivity index (χ3n) is 3.13. The Labute approximate surface area is 130 Å². The minimum atomic E-state index is -5.58. The van der Waals surface area contributed by atoms with Crippen molar-refractivity contribution in [1.82, 2.24) is 0 Å². The highest BCUT2D eigenvalue weighted by atomic mass is 19.4. The molecule has 2 aromatic carbocycles. The fraction of sp³-hybridized carbons (Fsp3) is 0.143. The van der Waals surface area contributed by atoms with Crippen LogP contribution in [0.15, 0.2) is 36.4 Å². The van der Waals surface area contributed by atoms with Crippen LogP contribution in [0.25, 0.3) is 11.1 Å². The molecule has 1 N–H and O–H groups in total. The van der Waals surface area contributed by atoms with Gasteiger partial charge in [-0.15, -0.1) is 0 Å². The van der Waals surface area contributed by atoms with Gasteiger partial charge in [-0.2, -0.15) is 26.3 Å². The number of hydrogen-bond acceptors (Lipinski definition) is 3. The summed E-state index contributed by atoms with van der Waals surface area (Å²) in [7, 11) is 0. The van der Waals surface area contributed by atoms with Gasteiger partial charge in [0.1, 0.15) is 11.3 Å². The van der Waals surface area contributed by atoms with E-state index in [1.807, 2.05) is 0 Å². The van der Waals surface area contributed by atoms with Gasteiger partial charge in [0.25, 0.3) is 5.69 Å². The van der Waals surface area contributed by atoms with Gasteiger partial charge < -0.3 is 5.11 Å². The third-order valence-corrected chi connectivity index (χ3v) is 3.13. The van der Waals surface area contributed by atoms with Crippen LogP contribution in [-0.2, 0) is 12.4 Å². The molecule has 0 spiro atoms. The quantitative estimate of drug-likeness (QED) is 0.470.